The van der Waals surface area contributed by atoms with Crippen molar-refractivity contribution in [3.63, 3.8) is 0 Å². The molecule has 0 saturated carbocycles. The number of halogens is 1. The van der Waals surface area contributed by atoms with Gasteiger partial charge < -0.3 is 25.9 Å². The number of hydrogen-bond donors (Lipinski definition) is 4. The Kier molecular flexibility index (Phi) is 5.81. The summed E-state index contributed by atoms with van der Waals surface area (Å²) in [5.41, 5.74) is 4.71. The number of anilines is 1. The fourth-order valence-electron chi connectivity index (χ4n) is 2.65. The molecule has 2 atom stereocenters. The van der Waals surface area contributed by atoms with Gasteiger partial charge in [-0.15, -0.1) is 0 Å². The molecule has 1 aliphatic heterocycles. The molecule has 10 heteroatoms. The molecule has 1 fully saturated rings. The average Bonchev–Trinajstić information content (AvgIpc) is 2.51. The Bertz CT molecular complexity index is 692. The van der Waals surface area contributed by atoms with Gasteiger partial charge in [0.2, 0.25) is 0 Å². The first-order valence-electron chi connectivity index (χ1n) is 7.28. The van der Waals surface area contributed by atoms with Crippen molar-refractivity contribution in [1.82, 2.24) is 15.2 Å². The molecule has 0 bridgehead atoms. The number of nitrogens with one attached hydrogen (secondary N) is 2. The lowest BCUT2D eigenvalue weighted by atomic mass is 10.0. The lowest BCUT2D eigenvalue weighted by Gasteiger charge is -2.37. The van der Waals surface area contributed by atoms with Crippen LogP contribution in [0, 0.1) is 0 Å². The van der Waals surface area contributed by atoms with Crippen LogP contribution in [0.3, 0.4) is 0 Å². The zero-order valence-electron chi connectivity index (χ0n) is 13.0. The van der Waals surface area contributed by atoms with E-state index < -0.39 is 17.4 Å². The number of pyridine rings is 1. The van der Waals surface area contributed by atoms with Gasteiger partial charge in [0, 0.05) is 20.2 Å². The topological polar surface area (TPSA) is 138 Å². The lowest BCUT2D eigenvalue weighted by Crippen LogP contribution is -2.55. The number of carbonyl (C=O) groups is 2. The number of piperidine rings is 1. The molecule has 24 heavy (non-hydrogen) atoms. The number of aliphatic carboxylic acids is 1. The molecule has 0 aromatic carbocycles. The Morgan fingerprint density at radius 2 is 2.29 bits per heavy atom. The van der Waals surface area contributed by atoms with Gasteiger partial charge in [-0.05, 0) is 12.5 Å². The van der Waals surface area contributed by atoms with Crippen LogP contribution in [-0.4, -0.2) is 65.8 Å². The van der Waals surface area contributed by atoms with Crippen LogP contribution in [-0.2, 0) is 9.53 Å². The minimum atomic E-state index is -0.921. The number of carboxylic acids is 1. The van der Waals surface area contributed by atoms with Crippen molar-refractivity contribution < 1.29 is 19.4 Å². The van der Waals surface area contributed by atoms with Gasteiger partial charge in [-0.3, -0.25) is 19.3 Å². The molecular formula is C14H19ClN4O5. The highest BCUT2D eigenvalue weighted by atomic mass is 35.5. The summed E-state index contributed by atoms with van der Waals surface area (Å²) in [4.78, 5) is 39.0. The molecule has 9 nitrogen and oxygen atoms in total. The highest BCUT2D eigenvalue weighted by Crippen LogP contribution is 2.16. The number of nitrogens with zero attached hydrogens (tertiary/aromatic N) is 1. The average molecular weight is 359 g/mol. The fourth-order valence-corrected chi connectivity index (χ4v) is 2.81. The minimum Gasteiger partial charge on any atom is -0.480 e. The van der Waals surface area contributed by atoms with Gasteiger partial charge in [-0.1, -0.05) is 11.6 Å². The van der Waals surface area contributed by atoms with Gasteiger partial charge in [0.1, 0.15) is 11.4 Å². The van der Waals surface area contributed by atoms with Gasteiger partial charge in [0.15, 0.2) is 0 Å². The van der Waals surface area contributed by atoms with Crippen LogP contribution in [0.25, 0.3) is 0 Å². The molecule has 1 amide bonds. The van der Waals surface area contributed by atoms with Crippen molar-refractivity contribution in [2.75, 3.05) is 32.5 Å². The van der Waals surface area contributed by atoms with Crippen molar-refractivity contribution in [1.29, 1.82) is 0 Å². The first-order chi connectivity index (χ1) is 11.3. The van der Waals surface area contributed by atoms with Crippen LogP contribution in [0.1, 0.15) is 16.8 Å². The van der Waals surface area contributed by atoms with E-state index in [2.05, 4.69) is 10.3 Å². The van der Waals surface area contributed by atoms with E-state index in [1.165, 1.54) is 13.2 Å². The quantitative estimate of drug-likeness (QED) is 0.557. The molecule has 2 heterocycles. The molecule has 1 saturated heterocycles. The van der Waals surface area contributed by atoms with Crippen molar-refractivity contribution >= 4 is 29.3 Å². The van der Waals surface area contributed by atoms with E-state index in [-0.39, 0.29) is 35.1 Å². The van der Waals surface area contributed by atoms with Crippen molar-refractivity contribution in [2.24, 2.45) is 0 Å². The van der Waals surface area contributed by atoms with Crippen LogP contribution < -0.4 is 16.6 Å². The summed E-state index contributed by atoms with van der Waals surface area (Å²) < 4.78 is 5.34. The zero-order valence-corrected chi connectivity index (χ0v) is 13.8. The first kappa shape index (κ1) is 18.2. The molecule has 0 unspecified atom stereocenters. The highest BCUT2D eigenvalue weighted by molar-refractivity contribution is 6.33. The first-order valence-corrected chi connectivity index (χ1v) is 7.65. The number of hydrogen-bond acceptors (Lipinski definition) is 6. The molecule has 1 aromatic rings. The van der Waals surface area contributed by atoms with Crippen LogP contribution in [0.5, 0.6) is 0 Å². The largest absolute Gasteiger partial charge is 0.480 e. The molecule has 2 rings (SSSR count). The van der Waals surface area contributed by atoms with Crippen LogP contribution >= 0.6 is 11.6 Å². The number of nitrogens with two attached hydrogens (primary N) is 1. The van der Waals surface area contributed by atoms with E-state index in [0.29, 0.717) is 19.5 Å². The fraction of sp³-hybridized carbons (Fsp3) is 0.500. The summed E-state index contributed by atoms with van der Waals surface area (Å²) in [6, 6.07) is 0.871. The summed E-state index contributed by atoms with van der Waals surface area (Å²) in [5, 5.41) is 11.7. The van der Waals surface area contributed by atoms with E-state index in [0.717, 1.165) is 0 Å². The summed E-state index contributed by atoms with van der Waals surface area (Å²) >= 11 is 5.83. The third-order valence-corrected chi connectivity index (χ3v) is 4.20. The number of H-pyrrole nitrogens is 1. The van der Waals surface area contributed by atoms with E-state index in [4.69, 9.17) is 27.2 Å². The molecule has 0 radical (unpaired) electrons. The summed E-state index contributed by atoms with van der Waals surface area (Å²) in [7, 11) is 1.49. The molecule has 5 N–H and O–H groups in total. The Balaban J connectivity index is 2.07. The van der Waals surface area contributed by atoms with Gasteiger partial charge in [-0.2, -0.15) is 0 Å². The van der Waals surface area contributed by atoms with Crippen LogP contribution in [0.2, 0.25) is 5.02 Å². The molecule has 132 valence electrons. The number of aromatic nitrogens is 1. The highest BCUT2D eigenvalue weighted by Gasteiger charge is 2.31. The monoisotopic (exact) mass is 358 g/mol. The van der Waals surface area contributed by atoms with Crippen molar-refractivity contribution in [2.45, 2.75) is 18.6 Å². The maximum Gasteiger partial charge on any atom is 0.317 e. The van der Waals surface area contributed by atoms with E-state index in [1.807, 2.05) is 0 Å². The smallest absolute Gasteiger partial charge is 0.317 e. The van der Waals surface area contributed by atoms with Crippen molar-refractivity contribution in [3.05, 3.63) is 27.0 Å². The molecule has 0 spiro atoms. The number of carboxylic acid groups (broad SMARTS) is 1. The maximum atomic E-state index is 12.3. The van der Waals surface area contributed by atoms with E-state index in [9.17, 15) is 14.4 Å². The number of ether oxygens (including phenoxy) is 1. The number of nitrogen functional groups attached to an aromatic ring is 1. The van der Waals surface area contributed by atoms with Gasteiger partial charge in [-0.25, -0.2) is 0 Å². The summed E-state index contributed by atoms with van der Waals surface area (Å²) in [6.45, 7) is 0.774. The molecule has 1 aliphatic rings. The number of rotatable bonds is 5. The Morgan fingerprint density at radius 1 is 1.58 bits per heavy atom. The summed E-state index contributed by atoms with van der Waals surface area (Å²) in [5.74, 6) is -1.51. The Morgan fingerprint density at radius 3 is 2.92 bits per heavy atom. The van der Waals surface area contributed by atoms with E-state index in [1.54, 1.807) is 4.90 Å². The second kappa shape index (κ2) is 7.65. The minimum absolute atomic E-state index is 0.00466. The molecule has 0 aliphatic carbocycles. The molecule has 1 aromatic heterocycles. The lowest BCUT2D eigenvalue weighted by molar-refractivity contribution is -0.139. The van der Waals surface area contributed by atoms with Gasteiger partial charge in [0.25, 0.3) is 11.5 Å². The molecular weight excluding hydrogens is 340 g/mol. The zero-order chi connectivity index (χ0) is 17.9. The second-order valence-corrected chi connectivity index (χ2v) is 5.95. The van der Waals surface area contributed by atoms with Gasteiger partial charge in [0.05, 0.1) is 23.7 Å². The van der Waals surface area contributed by atoms with Crippen LogP contribution in [0.15, 0.2) is 10.9 Å². The SMILES string of the molecule is CO[C@@H]1CN(CC(=O)O)CC[C@@H]1NC(=O)c1cc(Cl)c(N)[nH]c1=O. The number of aromatic amines is 1. The standard InChI is InChI=1S/C14H19ClN4O5/c1-24-10-5-19(6-11(20)21)3-2-9(10)17-13(22)7-4-8(15)12(16)18-14(7)23/h4,9-10H,2-3,5-6H2,1H3,(H,17,22)(H,20,21)(H3,16,18,23)/t9-,10+/m0/s1. The predicted molar refractivity (Wildman–Crippen MR) is 87.2 cm³/mol. The van der Waals surface area contributed by atoms with Crippen molar-refractivity contribution in [3.8, 4) is 0 Å². The Labute approximate surface area is 142 Å². The summed E-state index contributed by atoms with van der Waals surface area (Å²) in [6.07, 6.45) is 0.114. The van der Waals surface area contributed by atoms with E-state index >= 15 is 0 Å². The second-order valence-electron chi connectivity index (χ2n) is 5.55. The third kappa shape index (κ3) is 4.25. The van der Waals surface area contributed by atoms with Crippen LogP contribution in [0.4, 0.5) is 5.82 Å². The number of carbonyl (C=O) groups excluding carboxylic acids is 1. The number of likely N-dealkylation sites (tertiary alicyclic amines) is 1. The van der Waals surface area contributed by atoms with Gasteiger partial charge >= 0.3 is 5.97 Å². The predicted octanol–water partition coefficient (Wildman–Crippen LogP) is -0.486. The third-order valence-electron chi connectivity index (χ3n) is 3.89. The number of methoxy groups -OCH3 is 1. The number of amides is 1. The maximum absolute atomic E-state index is 12.3. The normalized spacial score (nSPS) is 21.4. The Hall–Kier alpha value is -2.10.